The van der Waals surface area contributed by atoms with Crippen LogP contribution in [0, 0.1) is 5.41 Å². The number of nitrogens with zero attached hydrogens (tertiary/aromatic N) is 2. The number of carbonyl (C=O) groups is 1. The molecule has 0 aromatic carbocycles. The fraction of sp³-hybridized carbons (Fsp3) is 0.917. The van der Waals surface area contributed by atoms with E-state index in [0.29, 0.717) is 6.04 Å². The van der Waals surface area contributed by atoms with Gasteiger partial charge in [0, 0.05) is 24.5 Å². The molecule has 0 aliphatic carbocycles. The zero-order valence-corrected chi connectivity index (χ0v) is 10.5. The Hall–Kier alpha value is -0.410. The van der Waals surface area contributed by atoms with Crippen LogP contribution in [-0.4, -0.2) is 55.9 Å². The molecular weight excluding hydrogens is 188 g/mol. The number of likely N-dealkylation sites (tertiary alicyclic amines) is 1. The molecule has 0 radical (unpaired) electrons. The van der Waals surface area contributed by atoms with Crippen molar-refractivity contribution >= 4 is 6.29 Å². The lowest BCUT2D eigenvalue weighted by Crippen LogP contribution is -2.47. The van der Waals surface area contributed by atoms with Gasteiger partial charge in [0.2, 0.25) is 0 Å². The minimum Gasteiger partial charge on any atom is -0.305 e. The van der Waals surface area contributed by atoms with Crippen molar-refractivity contribution < 1.29 is 4.79 Å². The van der Waals surface area contributed by atoms with Gasteiger partial charge in [-0.2, -0.15) is 0 Å². The second-order valence-electron chi connectivity index (χ2n) is 5.58. The molecule has 1 heterocycles. The summed E-state index contributed by atoms with van der Waals surface area (Å²) in [5.41, 5.74) is -0.217. The number of likely N-dealkylation sites (N-methyl/N-ethyl adjacent to an activating group) is 2. The molecule has 3 heteroatoms. The molecule has 0 amide bonds. The van der Waals surface area contributed by atoms with E-state index in [1.807, 2.05) is 13.8 Å². The van der Waals surface area contributed by atoms with Crippen LogP contribution in [0.4, 0.5) is 0 Å². The number of aldehydes is 1. The molecule has 0 saturated carbocycles. The summed E-state index contributed by atoms with van der Waals surface area (Å²) in [5, 5.41) is 0. The zero-order chi connectivity index (χ0) is 11.5. The molecule has 0 bridgehead atoms. The molecule has 1 atom stereocenters. The number of rotatable bonds is 4. The van der Waals surface area contributed by atoms with E-state index < -0.39 is 0 Å². The van der Waals surface area contributed by atoms with E-state index in [4.69, 9.17) is 0 Å². The third-order valence-corrected chi connectivity index (χ3v) is 3.20. The molecule has 1 unspecified atom stereocenters. The molecule has 1 saturated heterocycles. The van der Waals surface area contributed by atoms with Crippen molar-refractivity contribution in [1.29, 1.82) is 0 Å². The summed E-state index contributed by atoms with van der Waals surface area (Å²) < 4.78 is 0. The molecule has 0 aromatic rings. The Bertz CT molecular complexity index is 216. The molecule has 1 aliphatic rings. The first-order valence-corrected chi connectivity index (χ1v) is 5.80. The third-order valence-electron chi connectivity index (χ3n) is 3.20. The number of piperidine rings is 1. The Morgan fingerprint density at radius 3 is 2.73 bits per heavy atom. The highest BCUT2D eigenvalue weighted by Crippen LogP contribution is 2.18. The van der Waals surface area contributed by atoms with Gasteiger partial charge in [0.05, 0.1) is 0 Å². The van der Waals surface area contributed by atoms with Gasteiger partial charge in [-0.1, -0.05) is 13.8 Å². The summed E-state index contributed by atoms with van der Waals surface area (Å²) in [4.78, 5) is 15.6. The van der Waals surface area contributed by atoms with Gasteiger partial charge in [-0.05, 0) is 33.5 Å². The Kier molecular flexibility index (Phi) is 4.29. The average Bonchev–Trinajstić information content (AvgIpc) is 2.17. The van der Waals surface area contributed by atoms with Crippen molar-refractivity contribution in [1.82, 2.24) is 9.80 Å². The minimum absolute atomic E-state index is 0.217. The molecule has 15 heavy (non-hydrogen) atoms. The number of carbonyl (C=O) groups excluding carboxylic acids is 1. The summed E-state index contributed by atoms with van der Waals surface area (Å²) >= 11 is 0. The Morgan fingerprint density at radius 1 is 1.53 bits per heavy atom. The van der Waals surface area contributed by atoms with Gasteiger partial charge in [-0.3, -0.25) is 0 Å². The Morgan fingerprint density at radius 2 is 2.20 bits per heavy atom. The van der Waals surface area contributed by atoms with Crippen LogP contribution in [0.15, 0.2) is 0 Å². The van der Waals surface area contributed by atoms with Crippen LogP contribution in [0.2, 0.25) is 0 Å². The summed E-state index contributed by atoms with van der Waals surface area (Å²) in [5.74, 6) is 0. The van der Waals surface area contributed by atoms with Gasteiger partial charge in [-0.15, -0.1) is 0 Å². The highest BCUT2D eigenvalue weighted by Gasteiger charge is 2.26. The Balaban J connectivity index is 2.45. The van der Waals surface area contributed by atoms with Crippen LogP contribution in [0.3, 0.4) is 0 Å². The highest BCUT2D eigenvalue weighted by molar-refractivity contribution is 5.58. The van der Waals surface area contributed by atoms with E-state index in [1.54, 1.807) is 0 Å². The van der Waals surface area contributed by atoms with Crippen LogP contribution in [-0.2, 0) is 4.79 Å². The molecule has 1 aliphatic heterocycles. The first-order chi connectivity index (χ1) is 6.94. The summed E-state index contributed by atoms with van der Waals surface area (Å²) in [7, 11) is 4.31. The van der Waals surface area contributed by atoms with E-state index in [0.717, 1.165) is 19.4 Å². The lowest BCUT2D eigenvalue weighted by molar-refractivity contribution is -0.115. The molecule has 1 rings (SSSR count). The van der Waals surface area contributed by atoms with Crippen molar-refractivity contribution in [2.45, 2.75) is 32.7 Å². The van der Waals surface area contributed by atoms with Gasteiger partial charge in [0.15, 0.2) is 0 Å². The maximum atomic E-state index is 10.9. The van der Waals surface area contributed by atoms with Crippen LogP contribution < -0.4 is 0 Å². The van der Waals surface area contributed by atoms with Crippen LogP contribution in [0.1, 0.15) is 26.7 Å². The molecule has 1 fully saturated rings. The third kappa shape index (κ3) is 3.92. The molecule has 0 spiro atoms. The first kappa shape index (κ1) is 12.7. The predicted octanol–water partition coefficient (Wildman–Crippen LogP) is 1.24. The second-order valence-corrected chi connectivity index (χ2v) is 5.58. The lowest BCUT2D eigenvalue weighted by Gasteiger charge is -2.38. The highest BCUT2D eigenvalue weighted by atomic mass is 16.1. The molecule has 0 aromatic heterocycles. The standard InChI is InChI=1S/C12H24N2O/c1-12(2,10-15)9-14(4)11-6-5-7-13(3)8-11/h10-11H,5-9H2,1-4H3. The van der Waals surface area contributed by atoms with Gasteiger partial charge in [0.25, 0.3) is 0 Å². The Labute approximate surface area is 93.4 Å². The lowest BCUT2D eigenvalue weighted by atomic mass is 9.93. The van der Waals surface area contributed by atoms with Crippen LogP contribution in [0.5, 0.6) is 0 Å². The maximum absolute atomic E-state index is 10.9. The largest absolute Gasteiger partial charge is 0.305 e. The van der Waals surface area contributed by atoms with Gasteiger partial charge >= 0.3 is 0 Å². The minimum atomic E-state index is -0.217. The molecule has 3 nitrogen and oxygen atoms in total. The number of hydrogen-bond donors (Lipinski definition) is 0. The van der Waals surface area contributed by atoms with Crippen molar-refractivity contribution in [2.75, 3.05) is 33.7 Å². The monoisotopic (exact) mass is 212 g/mol. The molecule has 0 N–H and O–H groups in total. The van der Waals surface area contributed by atoms with E-state index in [1.165, 1.54) is 19.4 Å². The number of hydrogen-bond acceptors (Lipinski definition) is 3. The zero-order valence-electron chi connectivity index (χ0n) is 10.5. The maximum Gasteiger partial charge on any atom is 0.126 e. The fourth-order valence-corrected chi connectivity index (χ4v) is 2.31. The SMILES string of the molecule is CN1CCCC(N(C)CC(C)(C)C=O)C1. The first-order valence-electron chi connectivity index (χ1n) is 5.80. The van der Waals surface area contributed by atoms with Gasteiger partial charge in [0.1, 0.15) is 6.29 Å². The van der Waals surface area contributed by atoms with Crippen molar-refractivity contribution in [3.63, 3.8) is 0 Å². The van der Waals surface area contributed by atoms with Crippen molar-refractivity contribution in [2.24, 2.45) is 5.41 Å². The van der Waals surface area contributed by atoms with Crippen molar-refractivity contribution in [3.8, 4) is 0 Å². The van der Waals surface area contributed by atoms with Crippen LogP contribution >= 0.6 is 0 Å². The van der Waals surface area contributed by atoms with E-state index in [-0.39, 0.29) is 5.41 Å². The second kappa shape index (κ2) is 5.08. The smallest absolute Gasteiger partial charge is 0.126 e. The molecule has 88 valence electrons. The summed E-state index contributed by atoms with van der Waals surface area (Å²) in [6.07, 6.45) is 3.60. The predicted molar refractivity (Wildman–Crippen MR) is 63.0 cm³/mol. The normalized spacial score (nSPS) is 24.5. The van der Waals surface area contributed by atoms with E-state index in [9.17, 15) is 4.79 Å². The average molecular weight is 212 g/mol. The molecular formula is C12H24N2O. The van der Waals surface area contributed by atoms with E-state index >= 15 is 0 Å². The fourth-order valence-electron chi connectivity index (χ4n) is 2.31. The summed E-state index contributed by atoms with van der Waals surface area (Å²) in [6.45, 7) is 7.20. The summed E-state index contributed by atoms with van der Waals surface area (Å²) in [6, 6.07) is 0.614. The van der Waals surface area contributed by atoms with Gasteiger partial charge < -0.3 is 14.6 Å². The topological polar surface area (TPSA) is 23.6 Å². The van der Waals surface area contributed by atoms with Crippen molar-refractivity contribution in [3.05, 3.63) is 0 Å². The quantitative estimate of drug-likeness (QED) is 0.655. The van der Waals surface area contributed by atoms with Crippen LogP contribution in [0.25, 0.3) is 0 Å². The van der Waals surface area contributed by atoms with E-state index in [2.05, 4.69) is 23.9 Å². The van der Waals surface area contributed by atoms with Gasteiger partial charge in [-0.25, -0.2) is 0 Å².